The lowest BCUT2D eigenvalue weighted by molar-refractivity contribution is 0.163. The van der Waals surface area contributed by atoms with Crippen LogP contribution in [0.5, 0.6) is 0 Å². The number of anilines is 1. The van der Waals surface area contributed by atoms with Crippen LogP contribution in [-0.4, -0.2) is 48.7 Å². The fraction of sp³-hybridized carbons (Fsp3) is 0.769. The SMILES string of the molecule is COCC(C)n1cc(C)nc1NC1(C)CCS(=O)(=O)C1. The standard InChI is InChI=1S/C13H23N3O3S/c1-10-7-16(11(2)8-19-4)12(14-10)15-13(3)5-6-20(17,18)9-13/h7,11H,5-6,8-9H2,1-4H3,(H,14,15). The molecule has 20 heavy (non-hydrogen) atoms. The molecule has 2 heterocycles. The van der Waals surface area contributed by atoms with Crippen molar-refractivity contribution in [1.82, 2.24) is 9.55 Å². The summed E-state index contributed by atoms with van der Waals surface area (Å²) in [5.74, 6) is 1.11. The maximum absolute atomic E-state index is 11.7. The number of aryl methyl sites for hydroxylation is 1. The summed E-state index contributed by atoms with van der Waals surface area (Å²) in [7, 11) is -1.27. The summed E-state index contributed by atoms with van der Waals surface area (Å²) in [6.45, 7) is 6.49. The third kappa shape index (κ3) is 3.32. The average Bonchev–Trinajstić information content (AvgIpc) is 2.80. The van der Waals surface area contributed by atoms with E-state index in [2.05, 4.69) is 10.3 Å². The molecule has 0 aliphatic carbocycles. The van der Waals surface area contributed by atoms with Gasteiger partial charge in [-0.1, -0.05) is 0 Å². The summed E-state index contributed by atoms with van der Waals surface area (Å²) in [5.41, 5.74) is 0.459. The highest BCUT2D eigenvalue weighted by Gasteiger charge is 2.39. The van der Waals surface area contributed by atoms with Gasteiger partial charge in [0.15, 0.2) is 9.84 Å². The number of sulfone groups is 1. The lowest BCUT2D eigenvalue weighted by Gasteiger charge is -2.26. The second-order valence-electron chi connectivity index (χ2n) is 5.95. The Morgan fingerprint density at radius 1 is 1.60 bits per heavy atom. The van der Waals surface area contributed by atoms with Crippen molar-refractivity contribution in [3.05, 3.63) is 11.9 Å². The topological polar surface area (TPSA) is 73.2 Å². The quantitative estimate of drug-likeness (QED) is 0.889. The van der Waals surface area contributed by atoms with Gasteiger partial charge in [0.1, 0.15) is 0 Å². The molecule has 1 saturated heterocycles. The van der Waals surface area contributed by atoms with E-state index in [9.17, 15) is 8.42 Å². The Morgan fingerprint density at radius 2 is 2.30 bits per heavy atom. The van der Waals surface area contributed by atoms with Crippen molar-refractivity contribution in [3.63, 3.8) is 0 Å². The van der Waals surface area contributed by atoms with Crippen LogP contribution in [0.15, 0.2) is 6.20 Å². The Bertz CT molecular complexity index is 582. The molecule has 0 bridgehead atoms. The van der Waals surface area contributed by atoms with Crippen molar-refractivity contribution in [2.45, 2.75) is 38.8 Å². The molecule has 1 fully saturated rings. The van der Waals surface area contributed by atoms with Gasteiger partial charge in [0.25, 0.3) is 0 Å². The molecule has 1 aliphatic heterocycles. The number of aromatic nitrogens is 2. The third-order valence-electron chi connectivity index (χ3n) is 3.65. The monoisotopic (exact) mass is 301 g/mol. The first-order valence-corrected chi connectivity index (χ1v) is 8.60. The normalized spacial score (nSPS) is 26.6. The molecule has 1 aromatic heterocycles. The molecule has 2 rings (SSSR count). The first-order valence-electron chi connectivity index (χ1n) is 6.78. The van der Waals surface area contributed by atoms with Gasteiger partial charge in [-0.05, 0) is 27.2 Å². The molecule has 6 nitrogen and oxygen atoms in total. The molecule has 7 heteroatoms. The molecule has 1 aliphatic rings. The number of hydrogen-bond acceptors (Lipinski definition) is 5. The van der Waals surface area contributed by atoms with Gasteiger partial charge in [-0.15, -0.1) is 0 Å². The summed E-state index contributed by atoms with van der Waals surface area (Å²) in [6, 6.07) is 0.144. The van der Waals surface area contributed by atoms with Gasteiger partial charge in [0, 0.05) is 13.3 Å². The van der Waals surface area contributed by atoms with E-state index in [4.69, 9.17) is 4.74 Å². The molecule has 1 aromatic rings. The lowest BCUT2D eigenvalue weighted by atomic mass is 10.0. The van der Waals surface area contributed by atoms with E-state index in [1.807, 2.05) is 31.5 Å². The second kappa shape index (κ2) is 5.37. The zero-order valence-electron chi connectivity index (χ0n) is 12.5. The zero-order chi connectivity index (χ0) is 15.0. The van der Waals surface area contributed by atoms with Gasteiger partial charge in [0.05, 0.1) is 35.4 Å². The van der Waals surface area contributed by atoms with E-state index in [1.54, 1.807) is 7.11 Å². The molecular formula is C13H23N3O3S. The maximum atomic E-state index is 11.7. The fourth-order valence-corrected chi connectivity index (χ4v) is 4.74. The van der Waals surface area contributed by atoms with E-state index < -0.39 is 15.4 Å². The number of hydrogen-bond donors (Lipinski definition) is 1. The van der Waals surface area contributed by atoms with E-state index in [0.29, 0.717) is 19.0 Å². The van der Waals surface area contributed by atoms with E-state index in [0.717, 1.165) is 5.69 Å². The predicted octanol–water partition coefficient (Wildman–Crippen LogP) is 1.39. The number of methoxy groups -OCH3 is 1. The maximum Gasteiger partial charge on any atom is 0.203 e. The van der Waals surface area contributed by atoms with Crippen LogP contribution in [0.4, 0.5) is 5.95 Å². The van der Waals surface area contributed by atoms with E-state index in [1.165, 1.54) is 0 Å². The van der Waals surface area contributed by atoms with Gasteiger partial charge in [-0.3, -0.25) is 0 Å². The van der Waals surface area contributed by atoms with Gasteiger partial charge in [0.2, 0.25) is 5.95 Å². The Hall–Kier alpha value is -1.08. The van der Waals surface area contributed by atoms with Crippen LogP contribution < -0.4 is 5.32 Å². The molecule has 2 atom stereocenters. The largest absolute Gasteiger partial charge is 0.383 e. The Labute approximate surface area is 120 Å². The number of ether oxygens (including phenoxy) is 1. The van der Waals surface area contributed by atoms with Crippen LogP contribution in [0.3, 0.4) is 0 Å². The highest BCUT2D eigenvalue weighted by Crippen LogP contribution is 2.28. The first-order chi connectivity index (χ1) is 9.25. The van der Waals surface area contributed by atoms with Crippen molar-refractivity contribution in [1.29, 1.82) is 0 Å². The third-order valence-corrected chi connectivity index (χ3v) is 5.56. The molecule has 2 unspecified atom stereocenters. The van der Waals surface area contributed by atoms with Crippen LogP contribution in [0.25, 0.3) is 0 Å². The highest BCUT2D eigenvalue weighted by atomic mass is 32.2. The number of nitrogens with zero attached hydrogens (tertiary/aromatic N) is 2. The number of imidazole rings is 1. The van der Waals surface area contributed by atoms with Crippen LogP contribution in [0.1, 0.15) is 32.0 Å². The number of rotatable bonds is 5. The van der Waals surface area contributed by atoms with Crippen molar-refractivity contribution < 1.29 is 13.2 Å². The minimum Gasteiger partial charge on any atom is -0.383 e. The molecular weight excluding hydrogens is 278 g/mol. The Morgan fingerprint density at radius 3 is 2.85 bits per heavy atom. The first kappa shape index (κ1) is 15.3. The molecule has 1 N–H and O–H groups in total. The second-order valence-corrected chi connectivity index (χ2v) is 8.13. The van der Waals surface area contributed by atoms with Crippen LogP contribution in [0, 0.1) is 6.92 Å². The minimum absolute atomic E-state index is 0.144. The summed E-state index contributed by atoms with van der Waals surface area (Å²) < 4.78 is 30.5. The van der Waals surface area contributed by atoms with Crippen LogP contribution in [0.2, 0.25) is 0 Å². The van der Waals surface area contributed by atoms with Crippen LogP contribution in [-0.2, 0) is 14.6 Å². The van der Waals surface area contributed by atoms with E-state index >= 15 is 0 Å². The lowest BCUT2D eigenvalue weighted by Crippen LogP contribution is -2.37. The zero-order valence-corrected chi connectivity index (χ0v) is 13.3. The van der Waals surface area contributed by atoms with Crippen molar-refractivity contribution in [2.75, 3.05) is 30.5 Å². The molecule has 0 amide bonds. The summed E-state index contributed by atoms with van der Waals surface area (Å²) in [5, 5.41) is 3.32. The Balaban J connectivity index is 2.21. The highest BCUT2D eigenvalue weighted by molar-refractivity contribution is 7.91. The molecule has 0 spiro atoms. The fourth-order valence-electron chi connectivity index (χ4n) is 2.65. The van der Waals surface area contributed by atoms with E-state index in [-0.39, 0.29) is 17.5 Å². The number of nitrogens with one attached hydrogen (secondary N) is 1. The van der Waals surface area contributed by atoms with Gasteiger partial charge in [-0.25, -0.2) is 13.4 Å². The molecule has 0 aromatic carbocycles. The molecule has 0 radical (unpaired) electrons. The average molecular weight is 301 g/mol. The van der Waals surface area contributed by atoms with Crippen LogP contribution >= 0.6 is 0 Å². The predicted molar refractivity (Wildman–Crippen MR) is 78.8 cm³/mol. The minimum atomic E-state index is -2.93. The van der Waals surface area contributed by atoms with Gasteiger partial charge < -0.3 is 14.6 Å². The van der Waals surface area contributed by atoms with Crippen molar-refractivity contribution in [3.8, 4) is 0 Å². The smallest absolute Gasteiger partial charge is 0.203 e. The summed E-state index contributed by atoms with van der Waals surface area (Å²) in [4.78, 5) is 4.47. The van der Waals surface area contributed by atoms with Crippen molar-refractivity contribution in [2.24, 2.45) is 0 Å². The molecule has 0 saturated carbocycles. The van der Waals surface area contributed by atoms with Crippen molar-refractivity contribution >= 4 is 15.8 Å². The Kier molecular flexibility index (Phi) is 4.11. The van der Waals surface area contributed by atoms with Gasteiger partial charge >= 0.3 is 0 Å². The summed E-state index contributed by atoms with van der Waals surface area (Å²) in [6.07, 6.45) is 2.57. The van der Waals surface area contributed by atoms with Gasteiger partial charge in [-0.2, -0.15) is 0 Å². The molecule has 114 valence electrons. The summed E-state index contributed by atoms with van der Waals surface area (Å²) >= 11 is 0.